The monoisotopic (exact) mass is 358 g/mol. The molecule has 0 saturated carbocycles. The van der Waals surface area contributed by atoms with Gasteiger partial charge in [-0.05, 0) is 5.92 Å². The maximum absolute atomic E-state index is 11.0. The quantitative estimate of drug-likeness (QED) is 0.854. The van der Waals surface area contributed by atoms with E-state index in [0.29, 0.717) is 36.3 Å². The van der Waals surface area contributed by atoms with Gasteiger partial charge < -0.3 is 10.6 Å². The molecule has 0 radical (unpaired) electrons. The molecule has 0 aromatic carbocycles. The van der Waals surface area contributed by atoms with Crippen molar-refractivity contribution in [2.24, 2.45) is 0 Å². The van der Waals surface area contributed by atoms with Crippen LogP contribution in [0.3, 0.4) is 0 Å². The number of anilines is 2. The second kappa shape index (κ2) is 7.15. The van der Waals surface area contributed by atoms with Crippen LogP contribution in [0, 0.1) is 0 Å². The predicted molar refractivity (Wildman–Crippen MR) is 101 cm³/mol. The minimum atomic E-state index is -0.0177. The van der Waals surface area contributed by atoms with Crippen LogP contribution < -0.4 is 10.6 Å². The van der Waals surface area contributed by atoms with Crippen LogP contribution in [0.25, 0.3) is 0 Å². The zero-order valence-electron chi connectivity index (χ0n) is 15.3. The molecule has 2 aromatic rings. The Bertz CT molecular complexity index is 802. The van der Waals surface area contributed by atoms with Crippen molar-refractivity contribution in [2.75, 3.05) is 10.6 Å². The second-order valence-electron chi connectivity index (χ2n) is 6.95. The molecular weight excluding hydrogens is 332 g/mol. The Morgan fingerprint density at radius 1 is 0.885 bits per heavy atom. The molecule has 0 fully saturated rings. The van der Waals surface area contributed by atoms with Gasteiger partial charge in [-0.2, -0.15) is 0 Å². The first-order chi connectivity index (χ1) is 12.3. The van der Waals surface area contributed by atoms with Crippen LogP contribution in [-0.2, 0) is 22.4 Å². The maximum Gasteiger partial charge on any atom is 0.231 e. The Hall–Kier alpha value is -2.90. The van der Waals surface area contributed by atoms with Crippen molar-refractivity contribution in [1.29, 1.82) is 0 Å². The van der Waals surface area contributed by atoms with Gasteiger partial charge in [0.25, 0.3) is 0 Å². The van der Waals surface area contributed by atoms with E-state index < -0.39 is 0 Å². The third-order valence-corrected chi connectivity index (χ3v) is 4.05. The number of nitrogens with zero attached hydrogens (tertiary/aromatic N) is 4. The maximum atomic E-state index is 11.0. The molecule has 0 unspecified atom stereocenters. The molecule has 4 heterocycles. The average molecular weight is 358 g/mol. The normalized spacial score (nSPS) is 14.5. The zero-order chi connectivity index (χ0) is 18.8. The van der Waals surface area contributed by atoms with E-state index in [1.54, 1.807) is 12.4 Å². The Morgan fingerprint density at radius 2 is 1.58 bits per heavy atom. The smallest absolute Gasteiger partial charge is 0.231 e. The second-order valence-corrected chi connectivity index (χ2v) is 6.95. The zero-order valence-corrected chi connectivity index (χ0v) is 15.3. The molecule has 0 spiro atoms. The summed E-state index contributed by atoms with van der Waals surface area (Å²) < 4.78 is 0. The molecule has 8 heteroatoms. The van der Waals surface area contributed by atoms with Crippen molar-refractivity contribution in [1.82, 2.24) is 19.9 Å². The van der Waals surface area contributed by atoms with Gasteiger partial charge in [0.2, 0.25) is 11.8 Å². The summed E-state index contributed by atoms with van der Waals surface area (Å²) in [5.41, 5.74) is 2.57. The summed E-state index contributed by atoms with van der Waals surface area (Å²) in [4.78, 5) is 38.9. The van der Waals surface area contributed by atoms with Crippen molar-refractivity contribution in [3.63, 3.8) is 0 Å². The van der Waals surface area contributed by atoms with Crippen molar-refractivity contribution in [3.05, 3.63) is 35.2 Å². The molecule has 0 atom stereocenters. The van der Waals surface area contributed by atoms with E-state index in [2.05, 4.69) is 30.6 Å². The van der Waals surface area contributed by atoms with Gasteiger partial charge >= 0.3 is 0 Å². The molecule has 26 heavy (non-hydrogen) atoms. The fraction of sp³-hybridized carbons (Fsp3) is 0.444. The molecule has 2 aliphatic heterocycles. The van der Waals surface area contributed by atoms with Crippen LogP contribution in [0.4, 0.5) is 11.6 Å². The number of nitrogens with one attached hydrogen (secondary N) is 2. The largest absolute Gasteiger partial charge is 0.310 e. The minimum Gasteiger partial charge on any atom is -0.310 e. The first-order valence-corrected chi connectivity index (χ1v) is 8.64. The van der Waals surface area contributed by atoms with E-state index in [1.165, 1.54) is 0 Å². The standard InChI is InChI=1S/2C9H11N3O.2H2/c1-5(2)7-4-10-6-3-8(13)12-9(6)11-7;1-5(2)8-10-4-6-3-7(13)11-9(6)12-8;;/h4-5H,3H2,1-2H3,(H,11,12,13);4-5H,3H2,1-2H3,(H,10,11,12,13);2*1H. The summed E-state index contributed by atoms with van der Waals surface area (Å²) in [7, 11) is 0. The molecule has 2 amide bonds. The fourth-order valence-electron chi connectivity index (χ4n) is 2.55. The summed E-state index contributed by atoms with van der Waals surface area (Å²) in [6.45, 7) is 8.15. The van der Waals surface area contributed by atoms with Crippen LogP contribution in [-0.4, -0.2) is 31.8 Å². The lowest BCUT2D eigenvalue weighted by atomic mass is 10.1. The van der Waals surface area contributed by atoms with Gasteiger partial charge in [-0.1, -0.05) is 27.7 Å². The number of carbonyl (C=O) groups is 2. The highest BCUT2D eigenvalue weighted by atomic mass is 16.2. The number of fused-ring (bicyclic) bond motifs is 2. The third kappa shape index (κ3) is 3.84. The Balaban J connectivity index is 0.000000261. The topological polar surface area (TPSA) is 110 Å². The van der Waals surface area contributed by atoms with Crippen molar-refractivity contribution < 1.29 is 12.4 Å². The Morgan fingerprint density at radius 3 is 2.27 bits per heavy atom. The van der Waals surface area contributed by atoms with Crippen LogP contribution in [0.5, 0.6) is 0 Å². The van der Waals surface area contributed by atoms with Gasteiger partial charge in [-0.15, -0.1) is 0 Å². The van der Waals surface area contributed by atoms with Crippen LogP contribution in [0.2, 0.25) is 0 Å². The van der Waals surface area contributed by atoms with E-state index in [4.69, 9.17) is 0 Å². The third-order valence-electron chi connectivity index (χ3n) is 4.05. The first-order valence-electron chi connectivity index (χ1n) is 8.64. The van der Waals surface area contributed by atoms with Gasteiger partial charge in [-0.3, -0.25) is 14.6 Å². The summed E-state index contributed by atoms with van der Waals surface area (Å²) in [6.07, 6.45) is 4.24. The molecule has 4 rings (SSSR count). The number of aromatic nitrogens is 4. The van der Waals surface area contributed by atoms with Crippen molar-refractivity contribution in [3.8, 4) is 0 Å². The molecule has 0 aliphatic carbocycles. The van der Waals surface area contributed by atoms with E-state index in [0.717, 1.165) is 22.8 Å². The van der Waals surface area contributed by atoms with Gasteiger partial charge in [0.1, 0.15) is 11.6 Å². The summed E-state index contributed by atoms with van der Waals surface area (Å²) >= 11 is 0. The molecule has 2 N–H and O–H groups in total. The highest BCUT2D eigenvalue weighted by Gasteiger charge is 2.21. The predicted octanol–water partition coefficient (Wildman–Crippen LogP) is 2.68. The number of amides is 2. The highest BCUT2D eigenvalue weighted by molar-refractivity contribution is 5.98. The van der Waals surface area contributed by atoms with Crippen molar-refractivity contribution in [2.45, 2.75) is 52.4 Å². The first kappa shape index (κ1) is 17.9. The van der Waals surface area contributed by atoms with E-state index in [-0.39, 0.29) is 14.7 Å². The summed E-state index contributed by atoms with van der Waals surface area (Å²) in [5, 5.41) is 5.38. The number of carbonyl (C=O) groups excluding carboxylic acids is 2. The fourth-order valence-corrected chi connectivity index (χ4v) is 2.55. The van der Waals surface area contributed by atoms with Crippen LogP contribution >= 0.6 is 0 Å². The lowest BCUT2D eigenvalue weighted by molar-refractivity contribution is -0.116. The summed E-state index contributed by atoms with van der Waals surface area (Å²) in [5.74, 6) is 2.72. The minimum absolute atomic E-state index is 0. The van der Waals surface area contributed by atoms with Crippen LogP contribution in [0.1, 0.15) is 65.2 Å². The lowest BCUT2D eigenvalue weighted by Gasteiger charge is -2.04. The van der Waals surface area contributed by atoms with Gasteiger partial charge in [-0.25, -0.2) is 15.0 Å². The highest BCUT2D eigenvalue weighted by Crippen LogP contribution is 2.22. The Labute approximate surface area is 154 Å². The molecule has 8 nitrogen and oxygen atoms in total. The van der Waals surface area contributed by atoms with E-state index >= 15 is 0 Å². The molecule has 2 aromatic heterocycles. The molecule has 0 bridgehead atoms. The molecule has 0 saturated heterocycles. The van der Waals surface area contributed by atoms with Gasteiger partial charge in [0.05, 0.1) is 24.2 Å². The van der Waals surface area contributed by atoms with E-state index in [9.17, 15) is 9.59 Å². The molecule has 140 valence electrons. The van der Waals surface area contributed by atoms with Gasteiger partial charge in [0.15, 0.2) is 5.82 Å². The average Bonchev–Trinajstić information content (AvgIpc) is 3.13. The lowest BCUT2D eigenvalue weighted by Crippen LogP contribution is -2.05. The molecule has 2 aliphatic rings. The molecular formula is C18H26N6O2. The van der Waals surface area contributed by atoms with Crippen LogP contribution in [0.15, 0.2) is 12.4 Å². The van der Waals surface area contributed by atoms with E-state index in [1.807, 2.05) is 27.7 Å². The number of rotatable bonds is 2. The van der Waals surface area contributed by atoms with Crippen molar-refractivity contribution >= 4 is 23.5 Å². The number of hydrogen-bond acceptors (Lipinski definition) is 6. The summed E-state index contributed by atoms with van der Waals surface area (Å²) in [6, 6.07) is 0. The SMILES string of the molecule is CC(C)c1cnc2c(n1)NC(=O)C2.CC(C)c1ncc2c(n1)NC(=O)C2.[HH].[HH]. The number of hydrogen-bond donors (Lipinski definition) is 2. The van der Waals surface area contributed by atoms with Gasteiger partial charge in [0, 0.05) is 26.7 Å². The Kier molecular flexibility index (Phi) is 4.92.